The summed E-state index contributed by atoms with van der Waals surface area (Å²) in [5.41, 5.74) is 11.2. The van der Waals surface area contributed by atoms with Gasteiger partial charge in [0.1, 0.15) is 11.2 Å². The van der Waals surface area contributed by atoms with Gasteiger partial charge in [-0.1, -0.05) is 103 Å². The Bertz CT molecular complexity index is 3480. The monoisotopic (exact) mass is 648 g/mol. The molecular weight excluding hydrogens is 621 g/mol. The third-order valence-electron chi connectivity index (χ3n) is 11.0. The first kappa shape index (κ1) is 27.0. The topological polar surface area (TPSA) is 22.0 Å². The summed E-state index contributed by atoms with van der Waals surface area (Å²) in [6, 6.07) is 62.4. The molecule has 0 amide bonds. The maximum absolute atomic E-state index is 6.32. The molecule has 0 aliphatic rings. The molecule has 0 spiro atoms. The number of furan rings is 1. The minimum Gasteiger partial charge on any atom is -0.456 e. The van der Waals surface area contributed by atoms with E-state index in [-0.39, 0.29) is 0 Å². The van der Waals surface area contributed by atoms with Crippen LogP contribution in [0.1, 0.15) is 0 Å². The van der Waals surface area contributed by atoms with Crippen molar-refractivity contribution in [2.24, 2.45) is 0 Å². The second-order valence-electron chi connectivity index (χ2n) is 13.8. The number of para-hydroxylation sites is 3. The van der Waals surface area contributed by atoms with Crippen molar-refractivity contribution in [1.29, 1.82) is 0 Å². The summed E-state index contributed by atoms with van der Waals surface area (Å²) in [7, 11) is 0. The summed E-state index contributed by atoms with van der Waals surface area (Å²) in [5.74, 6) is 0. The number of fused-ring (bicyclic) bond motifs is 18. The van der Waals surface area contributed by atoms with Crippen LogP contribution in [0.2, 0.25) is 0 Å². The molecule has 6 bridgehead atoms. The summed E-state index contributed by atoms with van der Waals surface area (Å²) in [6.07, 6.45) is 0. The van der Waals surface area contributed by atoms with Crippen LogP contribution in [0, 0.1) is 0 Å². The smallest absolute Gasteiger partial charge is 0.136 e. The van der Waals surface area contributed by atoms with Crippen molar-refractivity contribution >= 4 is 98.1 Å². The highest BCUT2D eigenvalue weighted by Gasteiger charge is 2.14. The normalized spacial score (nSPS) is 12.3. The van der Waals surface area contributed by atoms with E-state index in [1.807, 2.05) is 12.1 Å². The van der Waals surface area contributed by atoms with Crippen LogP contribution in [0.15, 0.2) is 174 Å². The molecule has 51 heavy (non-hydrogen) atoms. The van der Waals surface area contributed by atoms with Gasteiger partial charge < -0.3 is 13.2 Å². The van der Waals surface area contributed by atoms with Crippen LogP contribution < -0.4 is 0 Å². The first-order valence-corrected chi connectivity index (χ1v) is 17.5. The van der Waals surface area contributed by atoms with E-state index in [1.54, 1.807) is 0 Å². The standard InChI is InChI=1S/C48H28N2O/c1-4-13-43-36(10-1)38-21-18-31-25-45(38)49(43)33-8-7-9-34(28-33)50-44-14-5-2-11-37(44)39-22-19-32(26-46(39)50)42-24-29(16-20-35(31)42)30-17-23-41-40-12-3-6-15-47(40)51-48(41)27-30/h1-28H. The lowest BCUT2D eigenvalue weighted by Gasteiger charge is -2.07. The molecular formula is C48H28N2O. The minimum absolute atomic E-state index is 0.906. The number of nitrogens with zero attached hydrogens (tertiary/aromatic N) is 2. The maximum Gasteiger partial charge on any atom is 0.136 e. The Kier molecular flexibility index (Phi) is 5.23. The number of hydrogen-bond donors (Lipinski definition) is 0. The summed E-state index contributed by atoms with van der Waals surface area (Å²) < 4.78 is 11.2. The zero-order valence-electron chi connectivity index (χ0n) is 27.5. The first-order chi connectivity index (χ1) is 25.3. The molecule has 0 N–H and O–H groups in total. The highest BCUT2D eigenvalue weighted by Crippen LogP contribution is 2.38. The van der Waals surface area contributed by atoms with Crippen molar-refractivity contribution < 1.29 is 4.42 Å². The van der Waals surface area contributed by atoms with E-state index in [0.29, 0.717) is 0 Å². The van der Waals surface area contributed by atoms with Crippen LogP contribution in [0.5, 0.6) is 0 Å². The quantitative estimate of drug-likeness (QED) is 0.174. The molecule has 0 atom stereocenters. The van der Waals surface area contributed by atoms with Gasteiger partial charge in [-0.2, -0.15) is 0 Å². The molecule has 12 aromatic rings. The SMILES string of the molecule is c1ccc2c(c1)oc1cc(-c3ccc4c5ccc6c7ccccc7n(c7cccc(c7)n7c8ccccc8c8ccc(cc87)c4c3)c6c5)ccc12. The maximum atomic E-state index is 6.32. The third kappa shape index (κ3) is 3.72. The lowest BCUT2D eigenvalue weighted by Crippen LogP contribution is -1.87. The first-order valence-electron chi connectivity index (χ1n) is 17.5. The van der Waals surface area contributed by atoms with Gasteiger partial charge in [0.05, 0.1) is 22.1 Å². The van der Waals surface area contributed by atoms with E-state index in [2.05, 4.69) is 167 Å². The Morgan fingerprint density at radius 1 is 0.294 bits per heavy atom. The van der Waals surface area contributed by atoms with Crippen molar-refractivity contribution in [1.82, 2.24) is 8.80 Å². The zero-order valence-corrected chi connectivity index (χ0v) is 27.5. The van der Waals surface area contributed by atoms with Gasteiger partial charge in [0.25, 0.3) is 0 Å². The lowest BCUT2D eigenvalue weighted by molar-refractivity contribution is 0.669. The van der Waals surface area contributed by atoms with E-state index in [9.17, 15) is 0 Å². The Balaban J connectivity index is 1.28. The predicted molar refractivity (Wildman–Crippen MR) is 215 cm³/mol. The number of rotatable bonds is 1. The predicted octanol–water partition coefficient (Wildman–Crippen LogP) is 13.2. The average molecular weight is 649 g/mol. The van der Waals surface area contributed by atoms with Gasteiger partial charge in [-0.3, -0.25) is 0 Å². The van der Waals surface area contributed by atoms with E-state index >= 15 is 0 Å². The fourth-order valence-electron chi connectivity index (χ4n) is 8.72. The molecule has 12 rings (SSSR count). The average Bonchev–Trinajstić information content (AvgIpc) is 3.84. The molecule has 4 aromatic heterocycles. The molecule has 0 unspecified atom stereocenters. The summed E-state index contributed by atoms with van der Waals surface area (Å²) in [4.78, 5) is 0. The molecule has 8 aromatic carbocycles. The van der Waals surface area contributed by atoms with Crippen molar-refractivity contribution in [3.05, 3.63) is 170 Å². The Hall–Kier alpha value is -6.84. The lowest BCUT2D eigenvalue weighted by atomic mass is 9.97. The summed E-state index contributed by atoms with van der Waals surface area (Å²) >= 11 is 0. The second-order valence-corrected chi connectivity index (χ2v) is 13.8. The van der Waals surface area contributed by atoms with E-state index in [0.717, 1.165) is 44.1 Å². The third-order valence-corrected chi connectivity index (χ3v) is 11.0. The molecule has 0 saturated carbocycles. The van der Waals surface area contributed by atoms with Crippen molar-refractivity contribution in [3.8, 4) is 11.1 Å². The van der Waals surface area contributed by atoms with Crippen LogP contribution in [0.3, 0.4) is 0 Å². The Morgan fingerprint density at radius 3 is 1.49 bits per heavy atom. The van der Waals surface area contributed by atoms with Gasteiger partial charge in [-0.05, 0) is 99.4 Å². The van der Waals surface area contributed by atoms with Crippen molar-refractivity contribution in [2.75, 3.05) is 0 Å². The molecule has 0 radical (unpaired) electrons. The molecule has 3 nitrogen and oxygen atoms in total. The van der Waals surface area contributed by atoms with Crippen LogP contribution in [-0.2, 0) is 0 Å². The summed E-state index contributed by atoms with van der Waals surface area (Å²) in [5, 5.41) is 12.1. The van der Waals surface area contributed by atoms with Crippen molar-refractivity contribution in [2.45, 2.75) is 0 Å². The number of aromatic nitrogens is 2. The van der Waals surface area contributed by atoms with E-state index in [4.69, 9.17) is 4.42 Å². The highest BCUT2D eigenvalue weighted by atomic mass is 16.3. The van der Waals surface area contributed by atoms with Gasteiger partial charge in [0.2, 0.25) is 0 Å². The van der Waals surface area contributed by atoms with Crippen LogP contribution in [0.4, 0.5) is 0 Å². The molecule has 0 aliphatic heterocycles. The zero-order chi connectivity index (χ0) is 33.2. The van der Waals surface area contributed by atoms with Gasteiger partial charge in [0.15, 0.2) is 0 Å². The molecule has 0 aliphatic carbocycles. The van der Waals surface area contributed by atoms with Crippen LogP contribution in [-0.4, -0.2) is 8.80 Å². The minimum atomic E-state index is 0.906. The van der Waals surface area contributed by atoms with E-state index in [1.165, 1.54) is 65.2 Å². The van der Waals surface area contributed by atoms with Crippen molar-refractivity contribution in [3.63, 3.8) is 0 Å². The number of hydrogen-bond acceptors (Lipinski definition) is 1. The molecule has 4 heterocycles. The molecule has 0 fully saturated rings. The Labute approximate surface area is 291 Å². The highest BCUT2D eigenvalue weighted by molar-refractivity contribution is 6.17. The van der Waals surface area contributed by atoms with E-state index < -0.39 is 0 Å². The molecule has 0 saturated heterocycles. The fourth-order valence-corrected chi connectivity index (χ4v) is 8.72. The fraction of sp³-hybridized carbons (Fsp3) is 0. The van der Waals surface area contributed by atoms with Gasteiger partial charge in [0, 0.05) is 43.4 Å². The summed E-state index contributed by atoms with van der Waals surface area (Å²) in [6.45, 7) is 0. The second kappa shape index (κ2) is 9.87. The number of benzene rings is 8. The van der Waals surface area contributed by atoms with Gasteiger partial charge in [-0.15, -0.1) is 0 Å². The molecule has 3 heteroatoms. The van der Waals surface area contributed by atoms with Crippen LogP contribution in [0.25, 0.3) is 109 Å². The Morgan fingerprint density at radius 2 is 0.804 bits per heavy atom. The van der Waals surface area contributed by atoms with Gasteiger partial charge >= 0.3 is 0 Å². The van der Waals surface area contributed by atoms with Gasteiger partial charge in [-0.25, -0.2) is 0 Å². The van der Waals surface area contributed by atoms with Crippen LogP contribution >= 0.6 is 0 Å². The molecule has 236 valence electrons. The largest absolute Gasteiger partial charge is 0.456 e.